The Morgan fingerprint density at radius 2 is 1.52 bits per heavy atom. The van der Waals surface area contributed by atoms with Crippen LogP contribution in [0.4, 0.5) is 8.78 Å². The van der Waals surface area contributed by atoms with Gasteiger partial charge in [0.25, 0.3) is 0 Å². The minimum absolute atomic E-state index is 0.712. The minimum Gasteiger partial charge on any atom is -0.204 e. The van der Waals surface area contributed by atoms with Crippen molar-refractivity contribution in [2.75, 3.05) is 0 Å². The van der Waals surface area contributed by atoms with Gasteiger partial charge in [0.1, 0.15) is 0 Å². The van der Waals surface area contributed by atoms with E-state index in [0.29, 0.717) is 6.42 Å². The summed E-state index contributed by atoms with van der Waals surface area (Å²) in [5, 5.41) is 0. The summed E-state index contributed by atoms with van der Waals surface area (Å²) >= 11 is 0. The molecule has 23 heavy (non-hydrogen) atoms. The number of hydrogen-bond donors (Lipinski definition) is 0. The zero-order valence-electron chi connectivity index (χ0n) is 13.7. The van der Waals surface area contributed by atoms with Crippen molar-refractivity contribution >= 4 is 6.08 Å². The van der Waals surface area contributed by atoms with Crippen LogP contribution in [0.3, 0.4) is 0 Å². The second-order valence-electron chi connectivity index (χ2n) is 5.89. The van der Waals surface area contributed by atoms with Gasteiger partial charge in [0.2, 0.25) is 0 Å². The fraction of sp³-hybridized carbons (Fsp3) is 0.333. The zero-order chi connectivity index (χ0) is 16.5. The maximum Gasteiger partial charge on any atom is 0.159 e. The van der Waals surface area contributed by atoms with Gasteiger partial charge in [-0.3, -0.25) is 0 Å². The summed E-state index contributed by atoms with van der Waals surface area (Å²) in [7, 11) is 0. The molecule has 0 fully saturated rings. The van der Waals surface area contributed by atoms with Crippen LogP contribution in [0.1, 0.15) is 49.3 Å². The molecule has 0 saturated heterocycles. The van der Waals surface area contributed by atoms with Crippen molar-refractivity contribution in [3.05, 3.63) is 76.9 Å². The molecule has 0 aromatic heterocycles. The van der Waals surface area contributed by atoms with Gasteiger partial charge in [0.05, 0.1) is 0 Å². The smallest absolute Gasteiger partial charge is 0.159 e. The molecular formula is C21H24F2. The molecule has 0 aliphatic heterocycles. The lowest BCUT2D eigenvalue weighted by Gasteiger charge is -2.04. The fourth-order valence-electron chi connectivity index (χ4n) is 2.51. The molecule has 0 nitrogen and oxygen atoms in total. The summed E-state index contributed by atoms with van der Waals surface area (Å²) in [5.41, 5.74) is 3.24. The highest BCUT2D eigenvalue weighted by Gasteiger charge is 2.03. The Labute approximate surface area is 137 Å². The molecule has 0 aliphatic carbocycles. The first kappa shape index (κ1) is 17.4. The molecule has 2 aromatic rings. The van der Waals surface area contributed by atoms with Crippen molar-refractivity contribution in [1.82, 2.24) is 0 Å². The summed E-state index contributed by atoms with van der Waals surface area (Å²) < 4.78 is 26.1. The monoisotopic (exact) mass is 314 g/mol. The average molecular weight is 314 g/mol. The molecule has 0 spiro atoms. The van der Waals surface area contributed by atoms with Crippen LogP contribution in [0, 0.1) is 11.6 Å². The first-order valence-corrected chi connectivity index (χ1v) is 8.38. The van der Waals surface area contributed by atoms with Crippen LogP contribution in [-0.2, 0) is 12.8 Å². The number of hydrogen-bond acceptors (Lipinski definition) is 0. The molecule has 0 bridgehead atoms. The molecule has 2 aromatic carbocycles. The van der Waals surface area contributed by atoms with Crippen molar-refractivity contribution in [3.8, 4) is 0 Å². The molecule has 0 N–H and O–H groups in total. The second kappa shape index (κ2) is 9.24. The Balaban J connectivity index is 1.83. The maximum absolute atomic E-state index is 13.2. The highest BCUT2D eigenvalue weighted by molar-refractivity contribution is 5.49. The third-order valence-corrected chi connectivity index (χ3v) is 3.95. The first-order valence-electron chi connectivity index (χ1n) is 8.38. The van der Waals surface area contributed by atoms with E-state index in [1.54, 1.807) is 6.07 Å². The van der Waals surface area contributed by atoms with E-state index in [4.69, 9.17) is 0 Å². The van der Waals surface area contributed by atoms with Crippen LogP contribution in [0.25, 0.3) is 6.08 Å². The predicted octanol–water partition coefficient (Wildman–Crippen LogP) is 6.34. The van der Waals surface area contributed by atoms with Gasteiger partial charge in [-0.2, -0.15) is 0 Å². The molecule has 0 radical (unpaired) electrons. The normalized spacial score (nSPS) is 11.3. The quantitative estimate of drug-likeness (QED) is 0.498. The Morgan fingerprint density at radius 3 is 2.22 bits per heavy atom. The summed E-state index contributed by atoms with van der Waals surface area (Å²) in [6.45, 7) is 2.21. The molecule has 122 valence electrons. The number of halogens is 2. The first-order chi connectivity index (χ1) is 11.2. The third kappa shape index (κ3) is 5.97. The van der Waals surface area contributed by atoms with Crippen molar-refractivity contribution in [1.29, 1.82) is 0 Å². The molecular weight excluding hydrogens is 290 g/mol. The van der Waals surface area contributed by atoms with E-state index in [-0.39, 0.29) is 0 Å². The van der Waals surface area contributed by atoms with Gasteiger partial charge >= 0.3 is 0 Å². The van der Waals surface area contributed by atoms with Crippen molar-refractivity contribution < 1.29 is 8.78 Å². The van der Waals surface area contributed by atoms with Crippen molar-refractivity contribution in [2.24, 2.45) is 0 Å². The van der Waals surface area contributed by atoms with Crippen LogP contribution in [0.15, 0.2) is 48.5 Å². The second-order valence-corrected chi connectivity index (χ2v) is 5.89. The summed E-state index contributed by atoms with van der Waals surface area (Å²) in [5.74, 6) is -1.56. The summed E-state index contributed by atoms with van der Waals surface area (Å²) in [4.78, 5) is 0. The van der Waals surface area contributed by atoms with Gasteiger partial charge in [0, 0.05) is 0 Å². The molecule has 0 heterocycles. The number of benzene rings is 2. The Morgan fingerprint density at radius 1 is 0.826 bits per heavy atom. The molecule has 2 heteroatoms. The third-order valence-electron chi connectivity index (χ3n) is 3.95. The van der Waals surface area contributed by atoms with E-state index in [2.05, 4.69) is 43.3 Å². The van der Waals surface area contributed by atoms with Crippen LogP contribution in [0.5, 0.6) is 0 Å². The van der Waals surface area contributed by atoms with Crippen molar-refractivity contribution in [2.45, 2.75) is 45.4 Å². The van der Waals surface area contributed by atoms with Gasteiger partial charge < -0.3 is 0 Å². The lowest BCUT2D eigenvalue weighted by atomic mass is 10.0. The van der Waals surface area contributed by atoms with Crippen LogP contribution >= 0.6 is 0 Å². The number of allylic oxidation sites excluding steroid dienone is 1. The summed E-state index contributed by atoms with van der Waals surface area (Å²) in [6, 6.07) is 12.5. The number of aryl methyl sites for hydroxylation is 2. The Hall–Kier alpha value is -1.96. The van der Waals surface area contributed by atoms with Gasteiger partial charge in [-0.1, -0.05) is 62.2 Å². The highest BCUT2D eigenvalue weighted by atomic mass is 19.2. The van der Waals surface area contributed by atoms with E-state index >= 15 is 0 Å². The van der Waals surface area contributed by atoms with E-state index in [1.807, 2.05) is 0 Å². The Kier molecular flexibility index (Phi) is 6.99. The van der Waals surface area contributed by atoms with E-state index in [0.717, 1.165) is 18.4 Å². The van der Waals surface area contributed by atoms with E-state index in [9.17, 15) is 8.78 Å². The molecule has 2 rings (SSSR count). The molecule has 0 amide bonds. The van der Waals surface area contributed by atoms with Gasteiger partial charge in [-0.05, 0) is 54.5 Å². The van der Waals surface area contributed by atoms with Gasteiger partial charge in [-0.25, -0.2) is 8.78 Å². The molecule has 0 aliphatic rings. The maximum atomic E-state index is 13.2. The van der Waals surface area contributed by atoms with E-state index in [1.165, 1.54) is 42.5 Å². The largest absolute Gasteiger partial charge is 0.204 e. The predicted molar refractivity (Wildman–Crippen MR) is 93.4 cm³/mol. The standard InChI is InChI=1S/C21H24F2/c1-2-3-4-5-6-7-17-8-10-18(11-9-17)12-13-19-14-15-20(22)21(23)16-19/h6-11,14-16H,2-5,12-13H2,1H3. The molecule has 0 saturated carbocycles. The SMILES string of the molecule is CCCCCC=Cc1ccc(CCc2ccc(F)c(F)c2)cc1. The van der Waals surface area contributed by atoms with Crippen LogP contribution < -0.4 is 0 Å². The number of rotatable bonds is 8. The zero-order valence-corrected chi connectivity index (χ0v) is 13.7. The number of unbranched alkanes of at least 4 members (excludes halogenated alkanes) is 3. The minimum atomic E-state index is -0.788. The van der Waals surface area contributed by atoms with Gasteiger partial charge in [0.15, 0.2) is 11.6 Å². The van der Waals surface area contributed by atoms with Crippen LogP contribution in [-0.4, -0.2) is 0 Å². The lowest BCUT2D eigenvalue weighted by molar-refractivity contribution is 0.507. The average Bonchev–Trinajstić information content (AvgIpc) is 2.57. The van der Waals surface area contributed by atoms with Crippen molar-refractivity contribution in [3.63, 3.8) is 0 Å². The van der Waals surface area contributed by atoms with E-state index < -0.39 is 11.6 Å². The molecule has 0 atom stereocenters. The van der Waals surface area contributed by atoms with Gasteiger partial charge in [-0.15, -0.1) is 0 Å². The molecule has 0 unspecified atom stereocenters. The lowest BCUT2D eigenvalue weighted by Crippen LogP contribution is -1.93. The topological polar surface area (TPSA) is 0 Å². The summed E-state index contributed by atoms with van der Waals surface area (Å²) in [6.07, 6.45) is 10.8. The Bertz CT molecular complexity index is 627. The van der Waals surface area contributed by atoms with Crippen LogP contribution in [0.2, 0.25) is 0 Å². The highest BCUT2D eigenvalue weighted by Crippen LogP contribution is 2.13. The fourth-order valence-corrected chi connectivity index (χ4v) is 2.51.